The first-order valence-corrected chi connectivity index (χ1v) is 5.18. The van der Waals surface area contributed by atoms with E-state index >= 15 is 0 Å². The van der Waals surface area contributed by atoms with Crippen molar-refractivity contribution in [3.8, 4) is 0 Å². The molecule has 0 aliphatic rings. The molecule has 1 aromatic carbocycles. The Morgan fingerprint density at radius 1 is 1.44 bits per heavy atom. The Labute approximate surface area is 95.4 Å². The predicted octanol–water partition coefficient (Wildman–Crippen LogP) is 2.80. The average Bonchev–Trinajstić information content (AvgIpc) is 2.35. The van der Waals surface area contributed by atoms with Crippen molar-refractivity contribution < 1.29 is 14.6 Å². The maximum Gasteiger partial charge on any atom is 0.336 e. The summed E-state index contributed by atoms with van der Waals surface area (Å²) in [4.78, 5) is 11.3. The first kappa shape index (κ1) is 12.3. The van der Waals surface area contributed by atoms with Gasteiger partial charge in [-0.1, -0.05) is 37.3 Å². The molecular weight excluding hydrogens is 204 g/mol. The van der Waals surface area contributed by atoms with Gasteiger partial charge in [0.2, 0.25) is 0 Å². The number of hydrogen-bond donors (Lipinski definition) is 1. The van der Waals surface area contributed by atoms with Gasteiger partial charge in [0, 0.05) is 5.92 Å². The first-order chi connectivity index (χ1) is 7.65. The molecule has 0 radical (unpaired) electrons. The van der Waals surface area contributed by atoms with Gasteiger partial charge in [0.05, 0.1) is 18.4 Å². The van der Waals surface area contributed by atoms with Crippen LogP contribution in [0.1, 0.15) is 25.3 Å². The number of ether oxygens (including phenoxy) is 1. The molecule has 3 heteroatoms. The maximum absolute atomic E-state index is 11.3. The summed E-state index contributed by atoms with van der Waals surface area (Å²) in [6.07, 6.45) is 0.759. The standard InChI is InChI=1S/C13H16O3/c1-10(8-14)13(15)16-9-11(2)12-6-4-3-5-7-12/h3-8,11,14H,9H2,1-2H3. The van der Waals surface area contributed by atoms with Gasteiger partial charge in [-0.05, 0) is 12.5 Å². The van der Waals surface area contributed by atoms with Gasteiger partial charge < -0.3 is 9.84 Å². The van der Waals surface area contributed by atoms with Gasteiger partial charge in [-0.15, -0.1) is 0 Å². The fourth-order valence-corrected chi connectivity index (χ4v) is 1.25. The molecule has 0 bridgehead atoms. The monoisotopic (exact) mass is 220 g/mol. The molecule has 1 unspecified atom stereocenters. The van der Waals surface area contributed by atoms with E-state index in [4.69, 9.17) is 9.84 Å². The highest BCUT2D eigenvalue weighted by atomic mass is 16.5. The van der Waals surface area contributed by atoms with Crippen LogP contribution in [0.2, 0.25) is 0 Å². The smallest absolute Gasteiger partial charge is 0.336 e. The lowest BCUT2D eigenvalue weighted by atomic mass is 10.0. The number of hydrogen-bond acceptors (Lipinski definition) is 3. The van der Waals surface area contributed by atoms with Crippen molar-refractivity contribution in [3.63, 3.8) is 0 Å². The maximum atomic E-state index is 11.3. The number of aliphatic hydroxyl groups is 1. The number of carbonyl (C=O) groups is 1. The van der Waals surface area contributed by atoms with E-state index in [0.717, 1.165) is 11.8 Å². The van der Waals surface area contributed by atoms with Gasteiger partial charge in [0.1, 0.15) is 0 Å². The Bertz CT molecular complexity index is 368. The predicted molar refractivity (Wildman–Crippen MR) is 62.2 cm³/mol. The molecule has 0 spiro atoms. The molecule has 3 nitrogen and oxygen atoms in total. The third-order valence-corrected chi connectivity index (χ3v) is 2.35. The number of carbonyl (C=O) groups excluding carboxylic acids is 1. The Morgan fingerprint density at radius 2 is 2.06 bits per heavy atom. The van der Waals surface area contributed by atoms with Crippen LogP contribution in [-0.4, -0.2) is 17.7 Å². The highest BCUT2D eigenvalue weighted by Gasteiger charge is 2.10. The van der Waals surface area contributed by atoms with E-state index in [0.29, 0.717) is 6.61 Å². The van der Waals surface area contributed by atoms with Crippen LogP contribution in [0.3, 0.4) is 0 Å². The zero-order chi connectivity index (χ0) is 12.0. The molecule has 1 aromatic rings. The van der Waals surface area contributed by atoms with Crippen molar-refractivity contribution in [2.75, 3.05) is 6.61 Å². The van der Waals surface area contributed by atoms with E-state index in [1.807, 2.05) is 37.3 Å². The summed E-state index contributed by atoms with van der Waals surface area (Å²) in [6, 6.07) is 9.83. The summed E-state index contributed by atoms with van der Waals surface area (Å²) in [5.41, 5.74) is 1.33. The highest BCUT2D eigenvalue weighted by molar-refractivity contribution is 5.87. The summed E-state index contributed by atoms with van der Waals surface area (Å²) in [6.45, 7) is 3.81. The van der Waals surface area contributed by atoms with Crippen molar-refractivity contribution >= 4 is 5.97 Å². The van der Waals surface area contributed by atoms with Gasteiger partial charge in [0.25, 0.3) is 0 Å². The minimum atomic E-state index is -0.481. The second-order valence-electron chi connectivity index (χ2n) is 3.72. The second-order valence-corrected chi connectivity index (χ2v) is 3.72. The second kappa shape index (κ2) is 5.95. The Kier molecular flexibility index (Phi) is 4.58. The van der Waals surface area contributed by atoms with E-state index in [1.165, 1.54) is 6.92 Å². The fraction of sp³-hybridized carbons (Fsp3) is 0.308. The van der Waals surface area contributed by atoms with Crippen molar-refractivity contribution in [2.45, 2.75) is 19.8 Å². The van der Waals surface area contributed by atoms with Crippen LogP contribution in [0, 0.1) is 0 Å². The van der Waals surface area contributed by atoms with Gasteiger partial charge in [0.15, 0.2) is 0 Å². The minimum absolute atomic E-state index is 0.150. The molecule has 1 rings (SSSR count). The molecule has 0 saturated heterocycles. The summed E-state index contributed by atoms with van der Waals surface area (Å²) >= 11 is 0. The van der Waals surface area contributed by atoms with Crippen molar-refractivity contribution in [3.05, 3.63) is 47.7 Å². The summed E-state index contributed by atoms with van der Waals surface area (Å²) < 4.78 is 5.04. The molecule has 0 aliphatic heterocycles. The lowest BCUT2D eigenvalue weighted by molar-refractivity contribution is -0.139. The van der Waals surface area contributed by atoms with Crippen LogP contribution in [0.4, 0.5) is 0 Å². The summed E-state index contributed by atoms with van der Waals surface area (Å²) in [5.74, 6) is -0.332. The first-order valence-electron chi connectivity index (χ1n) is 5.18. The normalized spacial score (nSPS) is 13.2. The van der Waals surface area contributed by atoms with Gasteiger partial charge in [-0.25, -0.2) is 4.79 Å². The molecule has 16 heavy (non-hydrogen) atoms. The van der Waals surface area contributed by atoms with Gasteiger partial charge in [-0.3, -0.25) is 0 Å². The zero-order valence-corrected chi connectivity index (χ0v) is 9.51. The highest BCUT2D eigenvalue weighted by Crippen LogP contribution is 2.15. The third-order valence-electron chi connectivity index (χ3n) is 2.35. The molecule has 1 N–H and O–H groups in total. The molecule has 1 atom stereocenters. The molecule has 0 aromatic heterocycles. The lowest BCUT2D eigenvalue weighted by Gasteiger charge is -2.12. The molecule has 0 heterocycles. The minimum Gasteiger partial charge on any atom is -0.515 e. The number of benzene rings is 1. The van der Waals surface area contributed by atoms with E-state index in [1.54, 1.807) is 0 Å². The number of rotatable bonds is 4. The van der Waals surface area contributed by atoms with Crippen LogP contribution in [-0.2, 0) is 9.53 Å². The van der Waals surface area contributed by atoms with E-state index in [2.05, 4.69) is 0 Å². The zero-order valence-electron chi connectivity index (χ0n) is 9.51. The Morgan fingerprint density at radius 3 is 2.62 bits per heavy atom. The quantitative estimate of drug-likeness (QED) is 0.482. The van der Waals surface area contributed by atoms with Crippen molar-refractivity contribution in [1.29, 1.82) is 0 Å². The fourth-order valence-electron chi connectivity index (χ4n) is 1.25. The average molecular weight is 220 g/mol. The molecule has 0 saturated carbocycles. The van der Waals surface area contributed by atoms with Gasteiger partial charge in [-0.2, -0.15) is 0 Å². The molecular formula is C13H16O3. The molecule has 86 valence electrons. The van der Waals surface area contributed by atoms with E-state index in [9.17, 15) is 4.79 Å². The van der Waals surface area contributed by atoms with Crippen LogP contribution >= 0.6 is 0 Å². The summed E-state index contributed by atoms with van der Waals surface area (Å²) in [7, 11) is 0. The van der Waals surface area contributed by atoms with Crippen LogP contribution in [0.15, 0.2) is 42.2 Å². The Balaban J connectivity index is 2.48. The van der Waals surface area contributed by atoms with Crippen molar-refractivity contribution in [1.82, 2.24) is 0 Å². The third kappa shape index (κ3) is 3.42. The van der Waals surface area contributed by atoms with Gasteiger partial charge >= 0.3 is 5.97 Å². The SMILES string of the molecule is CC(=CO)C(=O)OCC(C)c1ccccc1. The van der Waals surface area contributed by atoms with E-state index in [-0.39, 0.29) is 11.5 Å². The van der Waals surface area contributed by atoms with Crippen LogP contribution < -0.4 is 0 Å². The number of aliphatic hydroxyl groups excluding tert-OH is 1. The largest absolute Gasteiger partial charge is 0.515 e. The summed E-state index contributed by atoms with van der Waals surface area (Å²) in [5, 5.41) is 8.62. The molecule has 0 amide bonds. The van der Waals surface area contributed by atoms with Crippen molar-refractivity contribution in [2.24, 2.45) is 0 Å². The Hall–Kier alpha value is -1.77. The van der Waals surface area contributed by atoms with Crippen LogP contribution in [0.5, 0.6) is 0 Å². The molecule has 0 fully saturated rings. The van der Waals surface area contributed by atoms with Crippen LogP contribution in [0.25, 0.3) is 0 Å². The lowest BCUT2D eigenvalue weighted by Crippen LogP contribution is -2.11. The molecule has 0 aliphatic carbocycles. The van der Waals surface area contributed by atoms with E-state index < -0.39 is 5.97 Å². The topological polar surface area (TPSA) is 46.5 Å². The number of esters is 1.